The van der Waals surface area contributed by atoms with Crippen molar-refractivity contribution in [3.8, 4) is 5.75 Å². The summed E-state index contributed by atoms with van der Waals surface area (Å²) >= 11 is 0. The van der Waals surface area contributed by atoms with Crippen molar-refractivity contribution < 1.29 is 9.90 Å². The maximum absolute atomic E-state index is 11.9. The summed E-state index contributed by atoms with van der Waals surface area (Å²) in [4.78, 5) is 23.3. The Hall–Kier alpha value is -2.68. The van der Waals surface area contributed by atoms with Crippen LogP contribution in [0.5, 0.6) is 5.75 Å². The van der Waals surface area contributed by atoms with Crippen molar-refractivity contribution in [1.29, 1.82) is 0 Å². The predicted octanol–water partition coefficient (Wildman–Crippen LogP) is 2.65. The fraction of sp³-hybridized carbons (Fsp3) is 0. The number of allylic oxidation sites excluding steroid dienone is 1. The van der Waals surface area contributed by atoms with Crippen molar-refractivity contribution in [2.75, 3.05) is 0 Å². The first-order valence-electron chi connectivity index (χ1n) is 5.78. The Balaban J connectivity index is 2.32. The first-order valence-corrected chi connectivity index (χ1v) is 5.78. The zero-order valence-corrected chi connectivity index (χ0v) is 10.1. The van der Waals surface area contributed by atoms with E-state index in [0.717, 1.165) is 5.56 Å². The standard InChI is InChI=1S/C16H12O3/c17-14(11-10-12-6-2-1-3-7-12)13-8-4-5-9-15(18)16(13)19/h1-11H,(H,18,19)/b11-10-. The molecule has 0 heterocycles. The van der Waals surface area contributed by atoms with Crippen LogP contribution in [0.15, 0.2) is 65.5 Å². The van der Waals surface area contributed by atoms with E-state index in [1.54, 1.807) is 12.1 Å². The molecule has 2 aromatic carbocycles. The average molecular weight is 252 g/mol. The molecule has 0 aliphatic rings. The van der Waals surface area contributed by atoms with Crippen LogP contribution >= 0.6 is 0 Å². The largest absolute Gasteiger partial charge is 0.504 e. The van der Waals surface area contributed by atoms with Gasteiger partial charge in [-0.25, -0.2) is 0 Å². The van der Waals surface area contributed by atoms with Crippen molar-refractivity contribution in [2.24, 2.45) is 0 Å². The van der Waals surface area contributed by atoms with Gasteiger partial charge < -0.3 is 5.11 Å². The van der Waals surface area contributed by atoms with Gasteiger partial charge in [-0.05, 0) is 23.8 Å². The lowest BCUT2D eigenvalue weighted by Crippen LogP contribution is -2.01. The van der Waals surface area contributed by atoms with Gasteiger partial charge in [-0.2, -0.15) is 0 Å². The maximum atomic E-state index is 11.9. The zero-order chi connectivity index (χ0) is 13.7. The van der Waals surface area contributed by atoms with E-state index in [1.165, 1.54) is 24.3 Å². The summed E-state index contributed by atoms with van der Waals surface area (Å²) in [6, 6.07) is 15.0. The molecule has 0 spiro atoms. The summed E-state index contributed by atoms with van der Waals surface area (Å²) in [5.41, 5.74) is 0.307. The lowest BCUT2D eigenvalue weighted by Gasteiger charge is -1.95. The third kappa shape index (κ3) is 3.16. The molecule has 2 rings (SSSR count). The Morgan fingerprint density at radius 2 is 1.58 bits per heavy atom. The summed E-state index contributed by atoms with van der Waals surface area (Å²) in [5.74, 6) is -0.928. The number of benzene rings is 1. The van der Waals surface area contributed by atoms with E-state index in [9.17, 15) is 14.7 Å². The quantitative estimate of drug-likeness (QED) is 0.675. The molecule has 3 heteroatoms. The van der Waals surface area contributed by atoms with Crippen LogP contribution in [-0.2, 0) is 0 Å². The van der Waals surface area contributed by atoms with Crippen molar-refractivity contribution >= 4 is 11.9 Å². The molecule has 0 unspecified atom stereocenters. The maximum Gasteiger partial charge on any atom is 0.220 e. The second-order valence-electron chi connectivity index (χ2n) is 3.95. The molecule has 0 atom stereocenters. The third-order valence-corrected chi connectivity index (χ3v) is 2.60. The highest BCUT2D eigenvalue weighted by atomic mass is 16.3. The Kier molecular flexibility index (Phi) is 3.88. The smallest absolute Gasteiger partial charge is 0.220 e. The van der Waals surface area contributed by atoms with Gasteiger partial charge in [0.1, 0.15) is 0 Å². The highest BCUT2D eigenvalue weighted by Crippen LogP contribution is 2.12. The van der Waals surface area contributed by atoms with Crippen LogP contribution in [0, 0.1) is 0 Å². The topological polar surface area (TPSA) is 54.4 Å². The van der Waals surface area contributed by atoms with Crippen LogP contribution in [0.3, 0.4) is 0 Å². The summed E-state index contributed by atoms with van der Waals surface area (Å²) in [7, 11) is 0. The molecule has 94 valence electrons. The number of ketones is 1. The van der Waals surface area contributed by atoms with Crippen LogP contribution in [0.4, 0.5) is 0 Å². The third-order valence-electron chi connectivity index (χ3n) is 2.60. The normalized spacial score (nSPS) is 10.5. The molecule has 1 N–H and O–H groups in total. The molecule has 0 saturated carbocycles. The van der Waals surface area contributed by atoms with Crippen molar-refractivity contribution in [3.05, 3.63) is 82.0 Å². The van der Waals surface area contributed by atoms with Gasteiger partial charge in [-0.1, -0.05) is 48.5 Å². The van der Waals surface area contributed by atoms with E-state index in [4.69, 9.17) is 0 Å². The first-order chi connectivity index (χ1) is 9.18. The molecule has 19 heavy (non-hydrogen) atoms. The van der Waals surface area contributed by atoms with E-state index in [1.807, 2.05) is 30.3 Å². The molecule has 0 aliphatic carbocycles. The van der Waals surface area contributed by atoms with Gasteiger partial charge in [-0.3, -0.25) is 9.59 Å². The van der Waals surface area contributed by atoms with E-state index in [2.05, 4.69) is 0 Å². The van der Waals surface area contributed by atoms with Crippen molar-refractivity contribution in [2.45, 2.75) is 0 Å². The van der Waals surface area contributed by atoms with Crippen molar-refractivity contribution in [3.63, 3.8) is 0 Å². The van der Waals surface area contributed by atoms with Gasteiger partial charge in [0.05, 0.1) is 5.56 Å². The highest BCUT2D eigenvalue weighted by molar-refractivity contribution is 6.08. The Bertz CT molecular complexity index is 673. The van der Waals surface area contributed by atoms with Crippen LogP contribution < -0.4 is 5.43 Å². The van der Waals surface area contributed by atoms with Gasteiger partial charge in [0.2, 0.25) is 5.43 Å². The summed E-state index contributed by atoms with van der Waals surface area (Å²) in [6.45, 7) is 0. The first kappa shape index (κ1) is 12.8. The van der Waals surface area contributed by atoms with Gasteiger partial charge in [0, 0.05) is 0 Å². The van der Waals surface area contributed by atoms with Crippen LogP contribution in [0.1, 0.15) is 15.9 Å². The number of carbonyl (C=O) groups is 1. The van der Waals surface area contributed by atoms with Crippen molar-refractivity contribution in [1.82, 2.24) is 0 Å². The van der Waals surface area contributed by atoms with Gasteiger partial charge >= 0.3 is 0 Å². The minimum absolute atomic E-state index is 0.00202. The Labute approximate surface area is 110 Å². The zero-order valence-electron chi connectivity index (χ0n) is 10.1. The Morgan fingerprint density at radius 1 is 0.947 bits per heavy atom. The molecule has 0 aliphatic heterocycles. The van der Waals surface area contributed by atoms with Crippen LogP contribution in [0.2, 0.25) is 0 Å². The summed E-state index contributed by atoms with van der Waals surface area (Å²) in [5, 5.41) is 9.66. The van der Waals surface area contributed by atoms with Crippen LogP contribution in [-0.4, -0.2) is 10.9 Å². The lowest BCUT2D eigenvalue weighted by atomic mass is 10.1. The molecular formula is C16H12O3. The number of hydrogen-bond donors (Lipinski definition) is 1. The Morgan fingerprint density at radius 3 is 2.32 bits per heavy atom. The molecule has 0 aromatic heterocycles. The minimum atomic E-state index is -0.568. The number of rotatable bonds is 3. The fourth-order valence-electron chi connectivity index (χ4n) is 1.61. The molecule has 0 bridgehead atoms. The summed E-state index contributed by atoms with van der Waals surface area (Å²) < 4.78 is 0. The minimum Gasteiger partial charge on any atom is -0.504 e. The monoisotopic (exact) mass is 252 g/mol. The highest BCUT2D eigenvalue weighted by Gasteiger charge is 2.08. The molecule has 0 radical (unpaired) electrons. The molecule has 0 fully saturated rings. The lowest BCUT2D eigenvalue weighted by molar-refractivity contribution is 0.104. The van der Waals surface area contributed by atoms with Gasteiger partial charge in [-0.15, -0.1) is 0 Å². The van der Waals surface area contributed by atoms with E-state index >= 15 is 0 Å². The van der Waals surface area contributed by atoms with Crippen LogP contribution in [0.25, 0.3) is 6.08 Å². The van der Waals surface area contributed by atoms with E-state index < -0.39 is 17.0 Å². The average Bonchev–Trinajstić information content (AvgIpc) is 2.60. The molecule has 3 nitrogen and oxygen atoms in total. The summed E-state index contributed by atoms with van der Waals surface area (Å²) in [6.07, 6.45) is 2.98. The number of hydrogen-bond acceptors (Lipinski definition) is 3. The SMILES string of the molecule is O=C(/C=C\c1ccccc1)c1ccccc(=O)c1O. The molecule has 0 saturated heterocycles. The molecule has 0 amide bonds. The van der Waals surface area contributed by atoms with E-state index in [-0.39, 0.29) is 5.56 Å². The molecular weight excluding hydrogens is 240 g/mol. The second kappa shape index (κ2) is 5.78. The number of aromatic hydroxyl groups is 1. The van der Waals surface area contributed by atoms with Gasteiger partial charge in [0.25, 0.3) is 0 Å². The predicted molar refractivity (Wildman–Crippen MR) is 74.2 cm³/mol. The van der Waals surface area contributed by atoms with E-state index in [0.29, 0.717) is 0 Å². The fourth-order valence-corrected chi connectivity index (χ4v) is 1.61. The van der Waals surface area contributed by atoms with Gasteiger partial charge in [0.15, 0.2) is 11.5 Å². The number of carbonyl (C=O) groups excluding carboxylic acids is 1. The molecule has 2 aromatic rings. The second-order valence-corrected chi connectivity index (χ2v) is 3.95.